The van der Waals surface area contributed by atoms with E-state index in [-0.39, 0.29) is 0 Å². The number of ether oxygens (including phenoxy) is 1. The lowest BCUT2D eigenvalue weighted by Crippen LogP contribution is -2.23. The standard InChI is InChI=1S/C22H25N5O3/c1-4-20-24-21(27(25-20)29-5-2)16-10-12-17(13-11-16)28-15-14-26(3)22-23-18-8-6-7-9-19(18)30-22/h6-13H,4-5,14-15H2,1-3H3. The molecule has 0 fully saturated rings. The van der Waals surface area contributed by atoms with Crippen LogP contribution in [0.15, 0.2) is 52.9 Å². The Morgan fingerprint density at radius 1 is 1.03 bits per heavy atom. The number of nitrogens with zero attached hydrogens (tertiary/aromatic N) is 5. The summed E-state index contributed by atoms with van der Waals surface area (Å²) in [4.78, 5) is 18.0. The monoisotopic (exact) mass is 407 g/mol. The Balaban J connectivity index is 1.36. The fourth-order valence-electron chi connectivity index (χ4n) is 3.00. The molecular weight excluding hydrogens is 382 g/mol. The normalized spacial score (nSPS) is 11.0. The first-order valence-corrected chi connectivity index (χ1v) is 10.1. The highest BCUT2D eigenvalue weighted by atomic mass is 16.7. The number of benzene rings is 2. The number of aromatic nitrogens is 4. The maximum atomic E-state index is 5.88. The lowest BCUT2D eigenvalue weighted by atomic mass is 10.2. The van der Waals surface area contributed by atoms with Crippen LogP contribution in [0.25, 0.3) is 22.5 Å². The zero-order chi connectivity index (χ0) is 20.9. The van der Waals surface area contributed by atoms with Crippen molar-refractivity contribution in [3.05, 3.63) is 54.4 Å². The minimum absolute atomic E-state index is 0.504. The van der Waals surface area contributed by atoms with E-state index >= 15 is 0 Å². The number of likely N-dealkylation sites (N-methyl/N-ethyl adjacent to an activating group) is 1. The number of anilines is 1. The molecule has 0 aliphatic heterocycles. The molecule has 8 nitrogen and oxygen atoms in total. The van der Waals surface area contributed by atoms with Crippen molar-refractivity contribution in [2.75, 3.05) is 31.7 Å². The summed E-state index contributed by atoms with van der Waals surface area (Å²) in [5.74, 6) is 2.22. The molecule has 2 aromatic carbocycles. The molecule has 8 heteroatoms. The SMILES string of the molecule is CCOn1nc(CC)nc1-c1ccc(OCCN(C)c2nc3ccccc3o2)cc1. The van der Waals surface area contributed by atoms with Gasteiger partial charge in [0.1, 0.15) is 24.5 Å². The maximum absolute atomic E-state index is 5.88. The first-order valence-electron chi connectivity index (χ1n) is 10.1. The average Bonchev–Trinajstić information content (AvgIpc) is 3.38. The van der Waals surface area contributed by atoms with Crippen molar-refractivity contribution in [3.63, 3.8) is 0 Å². The van der Waals surface area contributed by atoms with Crippen molar-refractivity contribution in [1.82, 2.24) is 19.9 Å². The van der Waals surface area contributed by atoms with Crippen LogP contribution in [-0.4, -0.2) is 46.7 Å². The van der Waals surface area contributed by atoms with Crippen molar-refractivity contribution >= 4 is 17.1 Å². The Bertz CT molecular complexity index is 1070. The van der Waals surface area contributed by atoms with Crippen LogP contribution in [0.5, 0.6) is 5.75 Å². The first-order chi connectivity index (χ1) is 14.7. The molecule has 0 saturated heterocycles. The van der Waals surface area contributed by atoms with Gasteiger partial charge in [-0.15, -0.1) is 5.10 Å². The molecule has 0 radical (unpaired) electrons. The van der Waals surface area contributed by atoms with Crippen LogP contribution < -0.4 is 14.5 Å². The molecule has 0 atom stereocenters. The molecule has 0 saturated carbocycles. The summed E-state index contributed by atoms with van der Waals surface area (Å²) in [7, 11) is 1.93. The third kappa shape index (κ3) is 4.22. The van der Waals surface area contributed by atoms with Crippen molar-refractivity contribution in [1.29, 1.82) is 0 Å². The number of oxazole rings is 1. The van der Waals surface area contributed by atoms with Crippen LogP contribution >= 0.6 is 0 Å². The van der Waals surface area contributed by atoms with Crippen LogP contribution in [0.2, 0.25) is 0 Å². The molecule has 0 unspecified atom stereocenters. The average molecular weight is 407 g/mol. The quantitative estimate of drug-likeness (QED) is 0.419. The highest BCUT2D eigenvalue weighted by molar-refractivity contribution is 5.74. The summed E-state index contributed by atoms with van der Waals surface area (Å²) < 4.78 is 11.7. The van der Waals surface area contributed by atoms with Gasteiger partial charge in [0.2, 0.25) is 0 Å². The molecule has 0 amide bonds. The van der Waals surface area contributed by atoms with E-state index in [0.717, 1.165) is 34.7 Å². The molecule has 0 spiro atoms. The van der Waals surface area contributed by atoms with Gasteiger partial charge in [-0.2, -0.15) is 4.98 Å². The largest absolute Gasteiger partial charge is 0.492 e. The molecule has 2 aromatic heterocycles. The number of fused-ring (bicyclic) bond motifs is 1. The van der Waals surface area contributed by atoms with Gasteiger partial charge in [-0.25, -0.2) is 4.98 Å². The predicted molar refractivity (Wildman–Crippen MR) is 115 cm³/mol. The number of rotatable bonds is 9. The van der Waals surface area contributed by atoms with Crippen molar-refractivity contribution in [2.24, 2.45) is 0 Å². The van der Waals surface area contributed by atoms with Gasteiger partial charge in [0.25, 0.3) is 6.01 Å². The Morgan fingerprint density at radius 3 is 2.57 bits per heavy atom. The Morgan fingerprint density at radius 2 is 1.83 bits per heavy atom. The van der Waals surface area contributed by atoms with Gasteiger partial charge in [-0.1, -0.05) is 23.9 Å². The lowest BCUT2D eigenvalue weighted by Gasteiger charge is -2.15. The van der Waals surface area contributed by atoms with Gasteiger partial charge in [-0.3, -0.25) is 0 Å². The summed E-state index contributed by atoms with van der Waals surface area (Å²) >= 11 is 0. The van der Waals surface area contributed by atoms with E-state index in [0.29, 0.717) is 31.6 Å². The third-order valence-electron chi connectivity index (χ3n) is 4.61. The van der Waals surface area contributed by atoms with E-state index < -0.39 is 0 Å². The molecule has 0 bridgehead atoms. The van der Waals surface area contributed by atoms with Gasteiger partial charge in [0, 0.05) is 19.0 Å². The second kappa shape index (κ2) is 8.86. The van der Waals surface area contributed by atoms with E-state index in [1.165, 1.54) is 4.85 Å². The van der Waals surface area contributed by atoms with Gasteiger partial charge in [0.05, 0.1) is 6.54 Å². The zero-order valence-electron chi connectivity index (χ0n) is 17.4. The fourth-order valence-corrected chi connectivity index (χ4v) is 3.00. The highest BCUT2D eigenvalue weighted by Gasteiger charge is 2.13. The van der Waals surface area contributed by atoms with Crippen molar-refractivity contribution in [3.8, 4) is 17.1 Å². The van der Waals surface area contributed by atoms with Crippen molar-refractivity contribution < 1.29 is 14.0 Å². The topological polar surface area (TPSA) is 78.4 Å². The van der Waals surface area contributed by atoms with Crippen LogP contribution in [0, 0.1) is 0 Å². The number of para-hydroxylation sites is 2. The molecule has 0 aliphatic rings. The van der Waals surface area contributed by atoms with Gasteiger partial charge < -0.3 is 18.9 Å². The van der Waals surface area contributed by atoms with Crippen molar-refractivity contribution in [2.45, 2.75) is 20.3 Å². The van der Waals surface area contributed by atoms with Crippen LogP contribution in [0.1, 0.15) is 19.7 Å². The molecule has 0 aliphatic carbocycles. The van der Waals surface area contributed by atoms with Gasteiger partial charge in [-0.05, 0) is 43.3 Å². The second-order valence-electron chi connectivity index (χ2n) is 6.75. The van der Waals surface area contributed by atoms with E-state index in [2.05, 4.69) is 15.1 Å². The summed E-state index contributed by atoms with van der Waals surface area (Å²) in [6.45, 7) is 5.61. The maximum Gasteiger partial charge on any atom is 0.298 e. The molecule has 4 aromatic rings. The summed E-state index contributed by atoms with van der Waals surface area (Å²) in [5, 5.41) is 4.36. The third-order valence-corrected chi connectivity index (χ3v) is 4.61. The van der Waals surface area contributed by atoms with E-state index in [4.69, 9.17) is 14.0 Å². The molecule has 4 rings (SSSR count). The minimum Gasteiger partial charge on any atom is -0.492 e. The molecule has 2 heterocycles. The number of aryl methyl sites for hydroxylation is 1. The zero-order valence-corrected chi connectivity index (χ0v) is 17.4. The summed E-state index contributed by atoms with van der Waals surface area (Å²) in [6.07, 6.45) is 0.752. The first kappa shape index (κ1) is 19.8. The van der Waals surface area contributed by atoms with Crippen LogP contribution in [-0.2, 0) is 6.42 Å². The number of hydrogen-bond donors (Lipinski definition) is 0. The van der Waals surface area contributed by atoms with Crippen LogP contribution in [0.3, 0.4) is 0 Å². The molecule has 0 N–H and O–H groups in total. The van der Waals surface area contributed by atoms with E-state index in [9.17, 15) is 0 Å². The summed E-state index contributed by atoms with van der Waals surface area (Å²) in [5.41, 5.74) is 2.55. The Kier molecular flexibility index (Phi) is 5.83. The van der Waals surface area contributed by atoms with Gasteiger partial charge >= 0.3 is 0 Å². The van der Waals surface area contributed by atoms with Crippen LogP contribution in [0.4, 0.5) is 6.01 Å². The Labute approximate surface area is 175 Å². The lowest BCUT2D eigenvalue weighted by molar-refractivity contribution is 0.0952. The number of hydrogen-bond acceptors (Lipinski definition) is 7. The molecule has 30 heavy (non-hydrogen) atoms. The summed E-state index contributed by atoms with van der Waals surface area (Å²) in [6, 6.07) is 16.1. The Hall–Kier alpha value is -3.55. The molecule has 156 valence electrons. The minimum atomic E-state index is 0.504. The van der Waals surface area contributed by atoms with E-state index in [1.54, 1.807) is 0 Å². The van der Waals surface area contributed by atoms with E-state index in [1.807, 2.05) is 74.3 Å². The smallest absolute Gasteiger partial charge is 0.298 e. The highest BCUT2D eigenvalue weighted by Crippen LogP contribution is 2.22. The molecular formula is C22H25N5O3. The van der Waals surface area contributed by atoms with Gasteiger partial charge in [0.15, 0.2) is 17.2 Å². The predicted octanol–water partition coefficient (Wildman–Crippen LogP) is 3.61. The fraction of sp³-hybridized carbons (Fsp3) is 0.318. The second-order valence-corrected chi connectivity index (χ2v) is 6.75.